The first-order chi connectivity index (χ1) is 8.92. The van der Waals surface area contributed by atoms with Crippen LogP contribution in [0.4, 0.5) is 17.6 Å². The smallest absolute Gasteiger partial charge is 0.330 e. The van der Waals surface area contributed by atoms with Crippen LogP contribution in [-0.2, 0) is 11.3 Å². The van der Waals surface area contributed by atoms with Crippen molar-refractivity contribution in [2.75, 3.05) is 13.2 Å². The fraction of sp³-hybridized carbons (Fsp3) is 0.700. The van der Waals surface area contributed by atoms with Gasteiger partial charge in [0.15, 0.2) is 0 Å². The maximum Gasteiger partial charge on any atom is 0.330 e. The van der Waals surface area contributed by atoms with E-state index in [-0.39, 0.29) is 6.61 Å². The number of alkyl halides is 4. The van der Waals surface area contributed by atoms with Gasteiger partial charge in [-0.2, -0.15) is 13.9 Å². The highest BCUT2D eigenvalue weighted by Gasteiger charge is 2.41. The van der Waals surface area contributed by atoms with Gasteiger partial charge in [0.05, 0.1) is 18.3 Å². The van der Waals surface area contributed by atoms with Crippen molar-refractivity contribution >= 4 is 0 Å². The molecule has 1 atom stereocenters. The lowest BCUT2D eigenvalue weighted by atomic mass is 10.2. The van der Waals surface area contributed by atoms with Crippen molar-refractivity contribution in [2.24, 2.45) is 5.84 Å². The summed E-state index contributed by atoms with van der Waals surface area (Å²) >= 11 is 0. The quantitative estimate of drug-likeness (QED) is 0.429. The predicted molar refractivity (Wildman–Crippen MR) is 59.7 cm³/mol. The summed E-state index contributed by atoms with van der Waals surface area (Å²) in [6.07, 6.45) is -2.23. The Morgan fingerprint density at radius 3 is 2.74 bits per heavy atom. The Hall–Kier alpha value is -1.19. The zero-order valence-electron chi connectivity index (χ0n) is 10.3. The molecule has 0 saturated heterocycles. The molecule has 0 amide bonds. The molecule has 1 aromatic rings. The summed E-state index contributed by atoms with van der Waals surface area (Å²) in [6.45, 7) is 0.789. The van der Waals surface area contributed by atoms with Crippen molar-refractivity contribution in [2.45, 2.75) is 31.9 Å². The van der Waals surface area contributed by atoms with Crippen LogP contribution in [0.1, 0.15) is 18.7 Å². The highest BCUT2D eigenvalue weighted by molar-refractivity contribution is 5.06. The Kier molecular flexibility index (Phi) is 5.70. The lowest BCUT2D eigenvalue weighted by Gasteiger charge is -2.20. The Balaban J connectivity index is 2.55. The van der Waals surface area contributed by atoms with E-state index in [1.165, 1.54) is 6.20 Å². The molecular weight excluding hydrogens is 268 g/mol. The molecule has 5 nitrogen and oxygen atoms in total. The van der Waals surface area contributed by atoms with Crippen LogP contribution in [-0.4, -0.2) is 35.3 Å². The number of hydrogen-bond acceptors (Lipinski definition) is 4. The van der Waals surface area contributed by atoms with Crippen molar-refractivity contribution in [3.63, 3.8) is 0 Å². The van der Waals surface area contributed by atoms with E-state index >= 15 is 0 Å². The first-order valence-electron chi connectivity index (χ1n) is 5.64. The average Bonchev–Trinajstić information content (AvgIpc) is 2.82. The maximum absolute atomic E-state index is 12.6. The van der Waals surface area contributed by atoms with Crippen molar-refractivity contribution in [3.8, 4) is 0 Å². The van der Waals surface area contributed by atoms with Gasteiger partial charge in [0.1, 0.15) is 6.61 Å². The van der Waals surface area contributed by atoms with Gasteiger partial charge >= 0.3 is 12.3 Å². The maximum atomic E-state index is 12.6. The van der Waals surface area contributed by atoms with Gasteiger partial charge in [0.25, 0.3) is 0 Å². The van der Waals surface area contributed by atoms with E-state index in [1.807, 2.05) is 6.92 Å². The van der Waals surface area contributed by atoms with E-state index in [4.69, 9.17) is 5.84 Å². The molecule has 0 aliphatic heterocycles. The summed E-state index contributed by atoms with van der Waals surface area (Å²) in [6, 6.07) is 1.04. The number of nitrogens with two attached hydrogens (primary N) is 1. The molecule has 0 aliphatic carbocycles. The second-order valence-corrected chi connectivity index (χ2v) is 3.87. The third-order valence-electron chi connectivity index (χ3n) is 2.51. The summed E-state index contributed by atoms with van der Waals surface area (Å²) in [7, 11) is 0. The Morgan fingerprint density at radius 1 is 1.53 bits per heavy atom. The zero-order chi connectivity index (χ0) is 14.5. The third-order valence-corrected chi connectivity index (χ3v) is 2.51. The van der Waals surface area contributed by atoms with Crippen LogP contribution in [0.25, 0.3) is 0 Å². The first-order valence-corrected chi connectivity index (χ1v) is 5.64. The fourth-order valence-corrected chi connectivity index (χ4v) is 1.50. The molecule has 0 spiro atoms. The number of rotatable bonds is 8. The molecule has 0 aromatic carbocycles. The molecule has 1 heterocycles. The second kappa shape index (κ2) is 6.83. The van der Waals surface area contributed by atoms with Gasteiger partial charge in [-0.15, -0.1) is 0 Å². The number of aromatic nitrogens is 2. The van der Waals surface area contributed by atoms with Crippen molar-refractivity contribution < 1.29 is 22.3 Å². The number of nitrogens with one attached hydrogen (secondary N) is 1. The van der Waals surface area contributed by atoms with Gasteiger partial charge in [-0.3, -0.25) is 10.5 Å². The summed E-state index contributed by atoms with van der Waals surface area (Å²) in [4.78, 5) is 0. The Bertz CT molecular complexity index is 385. The van der Waals surface area contributed by atoms with Crippen LogP contribution in [0.15, 0.2) is 12.3 Å². The predicted octanol–water partition coefficient (Wildman–Crippen LogP) is 1.32. The van der Waals surface area contributed by atoms with Crippen LogP contribution in [0, 0.1) is 0 Å². The summed E-state index contributed by atoms with van der Waals surface area (Å²) in [5.41, 5.74) is 3.01. The fourth-order valence-electron chi connectivity index (χ4n) is 1.50. The first kappa shape index (κ1) is 15.9. The van der Waals surface area contributed by atoms with E-state index in [0.29, 0.717) is 12.2 Å². The minimum Gasteiger partial charge on any atom is -0.373 e. The Labute approximate surface area is 107 Å². The number of aryl methyl sites for hydroxylation is 1. The monoisotopic (exact) mass is 284 g/mol. The van der Waals surface area contributed by atoms with Gasteiger partial charge in [-0.1, -0.05) is 0 Å². The minimum absolute atomic E-state index is 0.259. The molecule has 1 unspecified atom stereocenters. The molecule has 0 fully saturated rings. The van der Waals surface area contributed by atoms with Gasteiger partial charge in [0, 0.05) is 12.7 Å². The molecule has 110 valence electrons. The van der Waals surface area contributed by atoms with Gasteiger partial charge in [-0.05, 0) is 13.0 Å². The van der Waals surface area contributed by atoms with Crippen LogP contribution in [0.3, 0.4) is 0 Å². The van der Waals surface area contributed by atoms with E-state index in [0.717, 1.165) is 0 Å². The molecule has 0 radical (unpaired) electrons. The van der Waals surface area contributed by atoms with E-state index < -0.39 is 25.0 Å². The lowest BCUT2D eigenvalue weighted by Crippen LogP contribution is -2.37. The van der Waals surface area contributed by atoms with Crippen molar-refractivity contribution in [1.29, 1.82) is 0 Å². The van der Waals surface area contributed by atoms with E-state index in [9.17, 15) is 17.6 Å². The third kappa shape index (κ3) is 4.15. The molecule has 1 aromatic heterocycles. The molecular formula is C10H16F4N4O. The normalized spacial score (nSPS) is 14.1. The molecule has 3 N–H and O–H groups in total. The SMILES string of the molecule is CCn1nccc1C(COCC(F)(F)C(F)F)NN. The highest BCUT2D eigenvalue weighted by atomic mass is 19.3. The molecule has 19 heavy (non-hydrogen) atoms. The van der Waals surface area contributed by atoms with Crippen molar-refractivity contribution in [1.82, 2.24) is 15.2 Å². The van der Waals surface area contributed by atoms with Crippen LogP contribution < -0.4 is 11.3 Å². The minimum atomic E-state index is -4.16. The van der Waals surface area contributed by atoms with Crippen LogP contribution >= 0.6 is 0 Å². The lowest BCUT2D eigenvalue weighted by molar-refractivity contribution is -0.167. The molecule has 0 aliphatic rings. The van der Waals surface area contributed by atoms with Gasteiger partial charge in [0.2, 0.25) is 0 Å². The number of halogens is 4. The largest absolute Gasteiger partial charge is 0.373 e. The summed E-state index contributed by atoms with van der Waals surface area (Å²) in [5.74, 6) is 1.13. The molecule has 1 rings (SSSR count). The average molecular weight is 284 g/mol. The standard InChI is InChI=1S/C10H16F4N4O/c1-2-18-8(3-4-16-18)7(17-15)5-19-6-10(13,14)9(11)12/h3-4,7,9,17H,2,5-6,15H2,1H3. The second-order valence-electron chi connectivity index (χ2n) is 3.87. The van der Waals surface area contributed by atoms with E-state index in [2.05, 4.69) is 15.3 Å². The Morgan fingerprint density at radius 2 is 2.21 bits per heavy atom. The molecule has 0 bridgehead atoms. The topological polar surface area (TPSA) is 65.1 Å². The van der Waals surface area contributed by atoms with Crippen molar-refractivity contribution in [3.05, 3.63) is 18.0 Å². The highest BCUT2D eigenvalue weighted by Crippen LogP contribution is 2.23. The summed E-state index contributed by atoms with van der Waals surface area (Å²) < 4.78 is 55.4. The van der Waals surface area contributed by atoms with Crippen LogP contribution in [0.2, 0.25) is 0 Å². The molecule has 0 saturated carbocycles. The van der Waals surface area contributed by atoms with Crippen LogP contribution in [0.5, 0.6) is 0 Å². The number of ether oxygens (including phenoxy) is 1. The number of hydrogen-bond donors (Lipinski definition) is 2. The number of nitrogens with zero attached hydrogens (tertiary/aromatic N) is 2. The molecule has 9 heteroatoms. The summed E-state index contributed by atoms with van der Waals surface area (Å²) in [5, 5.41) is 3.99. The van der Waals surface area contributed by atoms with Gasteiger partial charge < -0.3 is 4.74 Å². The zero-order valence-corrected chi connectivity index (χ0v) is 10.3. The van der Waals surface area contributed by atoms with E-state index in [1.54, 1.807) is 10.7 Å². The number of hydrazine groups is 1. The van der Waals surface area contributed by atoms with Gasteiger partial charge in [-0.25, -0.2) is 14.2 Å².